The maximum absolute atomic E-state index is 11.9. The Labute approximate surface area is 132 Å². The summed E-state index contributed by atoms with van der Waals surface area (Å²) in [4.78, 5) is 23.5. The summed E-state index contributed by atoms with van der Waals surface area (Å²) < 4.78 is 10.5. The summed E-state index contributed by atoms with van der Waals surface area (Å²) in [6.07, 6.45) is 0. The molecule has 1 aromatic carbocycles. The van der Waals surface area contributed by atoms with Gasteiger partial charge in [-0.05, 0) is 38.1 Å². The molecule has 0 fully saturated rings. The second-order valence-electron chi connectivity index (χ2n) is 4.58. The van der Waals surface area contributed by atoms with Crippen LogP contribution in [0.15, 0.2) is 34.7 Å². The Morgan fingerprint density at radius 1 is 1.23 bits per heavy atom. The van der Waals surface area contributed by atoms with E-state index in [0.29, 0.717) is 27.9 Å². The Bertz CT molecular complexity index is 697. The molecule has 0 aliphatic heterocycles. The Morgan fingerprint density at radius 3 is 2.64 bits per heavy atom. The van der Waals surface area contributed by atoms with E-state index in [4.69, 9.17) is 20.8 Å². The van der Waals surface area contributed by atoms with Gasteiger partial charge in [-0.3, -0.25) is 20.4 Å². The van der Waals surface area contributed by atoms with Gasteiger partial charge in [0.2, 0.25) is 0 Å². The third-order valence-corrected chi connectivity index (χ3v) is 3.00. The molecule has 0 unspecified atom stereocenters. The maximum atomic E-state index is 11.9. The quantitative estimate of drug-likeness (QED) is 0.847. The van der Waals surface area contributed by atoms with E-state index in [0.717, 1.165) is 0 Å². The third-order valence-electron chi connectivity index (χ3n) is 2.77. The number of halogens is 1. The topological polar surface area (TPSA) is 80.6 Å². The molecule has 0 spiro atoms. The summed E-state index contributed by atoms with van der Waals surface area (Å²) >= 11 is 5.80. The number of benzene rings is 1. The van der Waals surface area contributed by atoms with Gasteiger partial charge in [-0.15, -0.1) is 0 Å². The van der Waals surface area contributed by atoms with Gasteiger partial charge in [-0.2, -0.15) is 0 Å². The van der Waals surface area contributed by atoms with Crippen LogP contribution in [-0.4, -0.2) is 18.4 Å². The van der Waals surface area contributed by atoms with Crippen molar-refractivity contribution in [1.82, 2.24) is 10.9 Å². The highest BCUT2D eigenvalue weighted by Gasteiger charge is 2.14. The van der Waals surface area contributed by atoms with Crippen LogP contribution in [0.5, 0.6) is 5.75 Å². The van der Waals surface area contributed by atoms with Crippen LogP contribution in [-0.2, 0) is 4.79 Å². The van der Waals surface area contributed by atoms with Gasteiger partial charge in [0.25, 0.3) is 11.8 Å². The molecule has 2 rings (SSSR count). The molecule has 1 heterocycles. The molecule has 2 amide bonds. The van der Waals surface area contributed by atoms with Crippen LogP contribution in [0.25, 0.3) is 0 Å². The van der Waals surface area contributed by atoms with Gasteiger partial charge in [0, 0.05) is 5.02 Å². The largest absolute Gasteiger partial charge is 0.484 e. The van der Waals surface area contributed by atoms with Crippen molar-refractivity contribution >= 4 is 23.4 Å². The molecular weight excluding hydrogens is 308 g/mol. The molecule has 0 bridgehead atoms. The van der Waals surface area contributed by atoms with Gasteiger partial charge in [-0.1, -0.05) is 17.7 Å². The SMILES string of the molecule is Cc1cc(C(=O)NNC(=O)COc2cccc(Cl)c2)c(C)o1. The van der Waals surface area contributed by atoms with Crippen molar-refractivity contribution in [3.63, 3.8) is 0 Å². The van der Waals surface area contributed by atoms with E-state index in [1.54, 1.807) is 44.2 Å². The zero-order valence-electron chi connectivity index (χ0n) is 12.1. The minimum absolute atomic E-state index is 0.246. The Morgan fingerprint density at radius 2 is 2.00 bits per heavy atom. The molecule has 0 radical (unpaired) electrons. The minimum Gasteiger partial charge on any atom is -0.484 e. The van der Waals surface area contributed by atoms with Crippen molar-refractivity contribution in [1.29, 1.82) is 0 Å². The van der Waals surface area contributed by atoms with Crippen LogP contribution in [0.1, 0.15) is 21.9 Å². The standard InChI is InChI=1S/C15H15ClN2O4/c1-9-6-13(10(2)22-9)15(20)18-17-14(19)8-21-12-5-3-4-11(16)7-12/h3-7H,8H2,1-2H3,(H,17,19)(H,18,20). The van der Waals surface area contributed by atoms with E-state index in [9.17, 15) is 9.59 Å². The van der Waals surface area contributed by atoms with E-state index >= 15 is 0 Å². The predicted molar refractivity (Wildman–Crippen MR) is 80.7 cm³/mol. The second kappa shape index (κ2) is 7.00. The highest BCUT2D eigenvalue weighted by Crippen LogP contribution is 2.16. The van der Waals surface area contributed by atoms with Gasteiger partial charge in [-0.25, -0.2) is 0 Å². The zero-order chi connectivity index (χ0) is 16.1. The molecule has 0 aliphatic rings. The van der Waals surface area contributed by atoms with Crippen LogP contribution >= 0.6 is 11.6 Å². The van der Waals surface area contributed by atoms with E-state index < -0.39 is 11.8 Å². The molecule has 7 heteroatoms. The predicted octanol–water partition coefficient (Wildman–Crippen LogP) is 2.39. The fourth-order valence-corrected chi connectivity index (χ4v) is 1.97. The number of ether oxygens (including phenoxy) is 1. The number of carbonyl (C=O) groups excluding carboxylic acids is 2. The number of aryl methyl sites for hydroxylation is 2. The zero-order valence-corrected chi connectivity index (χ0v) is 12.9. The molecule has 2 aromatic rings. The summed E-state index contributed by atoms with van der Waals surface area (Å²) in [7, 11) is 0. The molecular formula is C15H15ClN2O4. The molecule has 0 saturated carbocycles. The summed E-state index contributed by atoms with van der Waals surface area (Å²) in [5.41, 5.74) is 4.93. The first kappa shape index (κ1) is 15.9. The summed E-state index contributed by atoms with van der Waals surface area (Å²) in [5.74, 6) is 0.629. The molecule has 0 aliphatic carbocycles. The van der Waals surface area contributed by atoms with Crippen molar-refractivity contribution in [3.05, 3.63) is 52.4 Å². The number of rotatable bonds is 4. The molecule has 2 N–H and O–H groups in total. The summed E-state index contributed by atoms with van der Waals surface area (Å²) in [6, 6.07) is 8.27. The van der Waals surface area contributed by atoms with Gasteiger partial charge < -0.3 is 9.15 Å². The Kier molecular flexibility index (Phi) is 5.06. The van der Waals surface area contributed by atoms with Crippen molar-refractivity contribution < 1.29 is 18.7 Å². The van der Waals surface area contributed by atoms with Gasteiger partial charge in [0.15, 0.2) is 6.61 Å². The van der Waals surface area contributed by atoms with Gasteiger partial charge in [0.1, 0.15) is 17.3 Å². The van der Waals surface area contributed by atoms with Gasteiger partial charge in [0.05, 0.1) is 5.56 Å². The molecule has 0 saturated heterocycles. The first-order chi connectivity index (χ1) is 10.5. The monoisotopic (exact) mass is 322 g/mol. The van der Waals surface area contributed by atoms with Crippen LogP contribution in [0.2, 0.25) is 5.02 Å². The summed E-state index contributed by atoms with van der Waals surface area (Å²) in [5, 5.41) is 0.511. The number of hydrazine groups is 1. The lowest BCUT2D eigenvalue weighted by molar-refractivity contribution is -0.123. The number of nitrogens with one attached hydrogen (secondary N) is 2. The number of furan rings is 1. The minimum atomic E-state index is -0.494. The molecule has 0 atom stereocenters. The van der Waals surface area contributed by atoms with Crippen LogP contribution in [0, 0.1) is 13.8 Å². The highest BCUT2D eigenvalue weighted by molar-refractivity contribution is 6.30. The van der Waals surface area contributed by atoms with Crippen LogP contribution in [0.4, 0.5) is 0 Å². The number of hydrogen-bond acceptors (Lipinski definition) is 4. The second-order valence-corrected chi connectivity index (χ2v) is 5.01. The van der Waals surface area contributed by atoms with E-state index in [1.807, 2.05) is 0 Å². The van der Waals surface area contributed by atoms with Gasteiger partial charge >= 0.3 is 0 Å². The molecule has 116 valence electrons. The number of carbonyl (C=O) groups is 2. The van der Waals surface area contributed by atoms with Crippen LogP contribution in [0.3, 0.4) is 0 Å². The molecule has 22 heavy (non-hydrogen) atoms. The molecule has 1 aromatic heterocycles. The van der Waals surface area contributed by atoms with E-state index in [2.05, 4.69) is 10.9 Å². The normalized spacial score (nSPS) is 10.1. The lowest BCUT2D eigenvalue weighted by Gasteiger charge is -2.08. The average Bonchev–Trinajstić information content (AvgIpc) is 2.81. The van der Waals surface area contributed by atoms with E-state index in [-0.39, 0.29) is 6.61 Å². The fraction of sp³-hybridized carbons (Fsp3) is 0.200. The Hall–Kier alpha value is -2.47. The third kappa shape index (κ3) is 4.26. The maximum Gasteiger partial charge on any atom is 0.276 e. The Balaban J connectivity index is 1.80. The fourth-order valence-electron chi connectivity index (χ4n) is 1.79. The van der Waals surface area contributed by atoms with Crippen molar-refractivity contribution in [3.8, 4) is 5.75 Å². The smallest absolute Gasteiger partial charge is 0.276 e. The average molecular weight is 323 g/mol. The van der Waals surface area contributed by atoms with Crippen molar-refractivity contribution in [2.75, 3.05) is 6.61 Å². The van der Waals surface area contributed by atoms with Crippen LogP contribution < -0.4 is 15.6 Å². The lowest BCUT2D eigenvalue weighted by Crippen LogP contribution is -2.43. The lowest BCUT2D eigenvalue weighted by atomic mass is 10.2. The summed E-state index contributed by atoms with van der Waals surface area (Å²) in [6.45, 7) is 3.16. The first-order valence-corrected chi connectivity index (χ1v) is 6.88. The number of hydrogen-bond donors (Lipinski definition) is 2. The van der Waals surface area contributed by atoms with Crippen molar-refractivity contribution in [2.45, 2.75) is 13.8 Å². The van der Waals surface area contributed by atoms with Crippen molar-refractivity contribution in [2.24, 2.45) is 0 Å². The van der Waals surface area contributed by atoms with E-state index in [1.165, 1.54) is 0 Å². The highest BCUT2D eigenvalue weighted by atomic mass is 35.5. The first-order valence-electron chi connectivity index (χ1n) is 6.50. The number of amides is 2. The molecule has 6 nitrogen and oxygen atoms in total.